The molecule has 3 nitrogen and oxygen atoms in total. The van der Waals surface area contributed by atoms with Crippen LogP contribution in [-0.2, 0) is 0 Å². The molecule has 0 bridgehead atoms. The molecule has 0 fully saturated rings. The molecule has 0 saturated carbocycles. The normalized spacial score (nSPS) is 15.9. The van der Waals surface area contributed by atoms with Crippen LogP contribution in [0.2, 0.25) is 5.02 Å². The maximum Gasteiger partial charge on any atom is 0.0793 e. The lowest BCUT2D eigenvalue weighted by Crippen LogP contribution is -2.30. The van der Waals surface area contributed by atoms with Crippen molar-refractivity contribution < 1.29 is 0 Å². The average molecular weight is 240 g/mol. The summed E-state index contributed by atoms with van der Waals surface area (Å²) in [7, 11) is 2.11. The monoisotopic (exact) mass is 239 g/mol. The highest BCUT2D eigenvalue weighted by Gasteiger charge is 2.19. The van der Waals surface area contributed by atoms with Crippen molar-refractivity contribution in [3.8, 4) is 0 Å². The number of para-hydroxylation sites is 1. The maximum atomic E-state index is 6.30. The van der Waals surface area contributed by atoms with Crippen molar-refractivity contribution >= 4 is 23.0 Å². The van der Waals surface area contributed by atoms with Crippen LogP contribution in [0.25, 0.3) is 0 Å². The number of rotatable bonds is 2. The van der Waals surface area contributed by atoms with Crippen molar-refractivity contribution in [2.75, 3.05) is 43.0 Å². The van der Waals surface area contributed by atoms with Gasteiger partial charge in [0.05, 0.1) is 16.4 Å². The molecule has 2 rings (SSSR count). The van der Waals surface area contributed by atoms with Crippen LogP contribution in [0.3, 0.4) is 0 Å². The van der Waals surface area contributed by atoms with E-state index in [0.717, 1.165) is 36.8 Å². The van der Waals surface area contributed by atoms with Crippen molar-refractivity contribution in [2.24, 2.45) is 5.73 Å². The Labute approximate surface area is 102 Å². The molecule has 16 heavy (non-hydrogen) atoms. The van der Waals surface area contributed by atoms with E-state index in [-0.39, 0.29) is 0 Å². The lowest BCUT2D eigenvalue weighted by Gasteiger charge is -2.26. The third kappa shape index (κ3) is 2.11. The van der Waals surface area contributed by atoms with E-state index in [9.17, 15) is 0 Å². The zero-order chi connectivity index (χ0) is 11.5. The highest BCUT2D eigenvalue weighted by atomic mass is 35.5. The third-order valence-electron chi connectivity index (χ3n) is 3.01. The van der Waals surface area contributed by atoms with Crippen LogP contribution in [-0.4, -0.2) is 33.2 Å². The topological polar surface area (TPSA) is 32.5 Å². The Morgan fingerprint density at radius 1 is 1.38 bits per heavy atom. The molecular formula is C12H18ClN3. The molecule has 0 aromatic heterocycles. The molecule has 4 heteroatoms. The van der Waals surface area contributed by atoms with Crippen molar-refractivity contribution in [2.45, 2.75) is 6.42 Å². The van der Waals surface area contributed by atoms with Crippen molar-refractivity contribution in [3.63, 3.8) is 0 Å². The number of halogens is 1. The summed E-state index contributed by atoms with van der Waals surface area (Å²) in [6.45, 7) is 3.62. The van der Waals surface area contributed by atoms with Gasteiger partial charge in [-0.05, 0) is 18.6 Å². The molecule has 1 heterocycles. The molecule has 2 N–H and O–H groups in total. The Morgan fingerprint density at radius 2 is 2.19 bits per heavy atom. The summed E-state index contributed by atoms with van der Waals surface area (Å²) in [4.78, 5) is 4.55. The quantitative estimate of drug-likeness (QED) is 0.856. The van der Waals surface area contributed by atoms with Crippen LogP contribution in [0.1, 0.15) is 6.42 Å². The lowest BCUT2D eigenvalue weighted by atomic mass is 10.2. The molecule has 88 valence electrons. The predicted octanol–water partition coefficient (Wildman–Crippen LogP) is 1.94. The van der Waals surface area contributed by atoms with Crippen LogP contribution >= 0.6 is 11.6 Å². The van der Waals surface area contributed by atoms with E-state index in [1.165, 1.54) is 5.69 Å². The number of anilines is 2. The fraction of sp³-hybridized carbons (Fsp3) is 0.500. The van der Waals surface area contributed by atoms with E-state index in [2.05, 4.69) is 22.9 Å². The summed E-state index contributed by atoms with van der Waals surface area (Å²) in [5, 5.41) is 0.819. The highest BCUT2D eigenvalue weighted by Crippen LogP contribution is 2.37. The molecule has 0 radical (unpaired) electrons. The molecule has 0 aliphatic carbocycles. The first-order chi connectivity index (χ1) is 7.74. The summed E-state index contributed by atoms with van der Waals surface area (Å²) < 4.78 is 0. The van der Waals surface area contributed by atoms with Gasteiger partial charge in [0.1, 0.15) is 0 Å². The minimum atomic E-state index is 0.661. The Morgan fingerprint density at radius 3 is 2.94 bits per heavy atom. The summed E-state index contributed by atoms with van der Waals surface area (Å²) >= 11 is 6.30. The van der Waals surface area contributed by atoms with Gasteiger partial charge in [-0.15, -0.1) is 0 Å². The van der Waals surface area contributed by atoms with Gasteiger partial charge in [0, 0.05) is 33.2 Å². The van der Waals surface area contributed by atoms with Gasteiger partial charge in [0.25, 0.3) is 0 Å². The molecule has 0 saturated heterocycles. The molecule has 1 aliphatic rings. The highest BCUT2D eigenvalue weighted by molar-refractivity contribution is 6.34. The van der Waals surface area contributed by atoms with Crippen LogP contribution in [0.4, 0.5) is 11.4 Å². The predicted molar refractivity (Wildman–Crippen MR) is 70.6 cm³/mol. The van der Waals surface area contributed by atoms with Gasteiger partial charge in [-0.1, -0.05) is 17.7 Å². The molecule has 0 amide bonds. The van der Waals surface area contributed by atoms with Gasteiger partial charge in [0.2, 0.25) is 0 Å². The minimum absolute atomic E-state index is 0.661. The zero-order valence-electron chi connectivity index (χ0n) is 9.62. The number of hydrogen-bond acceptors (Lipinski definition) is 3. The second-order valence-corrected chi connectivity index (χ2v) is 4.57. The Kier molecular flexibility index (Phi) is 3.56. The van der Waals surface area contributed by atoms with Gasteiger partial charge in [-0.3, -0.25) is 0 Å². The van der Waals surface area contributed by atoms with E-state index >= 15 is 0 Å². The Hall–Kier alpha value is -0.930. The Bertz CT molecular complexity index is 367. The second-order valence-electron chi connectivity index (χ2n) is 4.16. The summed E-state index contributed by atoms with van der Waals surface area (Å²) in [6.07, 6.45) is 1.14. The maximum absolute atomic E-state index is 6.30. The van der Waals surface area contributed by atoms with Gasteiger partial charge in [-0.25, -0.2) is 0 Å². The third-order valence-corrected chi connectivity index (χ3v) is 3.32. The minimum Gasteiger partial charge on any atom is -0.373 e. The molecule has 1 aliphatic heterocycles. The van der Waals surface area contributed by atoms with Crippen LogP contribution in [0.15, 0.2) is 18.2 Å². The van der Waals surface area contributed by atoms with Gasteiger partial charge in [0.15, 0.2) is 0 Å². The second kappa shape index (κ2) is 4.93. The lowest BCUT2D eigenvalue weighted by molar-refractivity contribution is 0.741. The van der Waals surface area contributed by atoms with E-state index in [1.54, 1.807) is 0 Å². The van der Waals surface area contributed by atoms with Crippen molar-refractivity contribution in [3.05, 3.63) is 23.2 Å². The largest absolute Gasteiger partial charge is 0.373 e. The number of hydrogen-bond donors (Lipinski definition) is 1. The standard InChI is InChI=1S/C12H18ClN3/c1-15-7-3-8-16(9-6-14)12-10(13)4-2-5-11(12)15/h2,4-5H,3,6-9,14H2,1H3. The van der Waals surface area contributed by atoms with Crippen LogP contribution in [0, 0.1) is 0 Å². The first-order valence-corrected chi connectivity index (χ1v) is 6.06. The fourth-order valence-corrected chi connectivity index (χ4v) is 2.52. The molecule has 0 atom stereocenters. The van der Waals surface area contributed by atoms with Gasteiger partial charge < -0.3 is 15.5 Å². The average Bonchev–Trinajstić information content (AvgIpc) is 2.42. The van der Waals surface area contributed by atoms with Crippen LogP contribution in [0.5, 0.6) is 0 Å². The van der Waals surface area contributed by atoms with E-state index in [1.807, 2.05) is 12.1 Å². The van der Waals surface area contributed by atoms with E-state index < -0.39 is 0 Å². The van der Waals surface area contributed by atoms with Crippen LogP contribution < -0.4 is 15.5 Å². The number of fused-ring (bicyclic) bond motifs is 1. The van der Waals surface area contributed by atoms with Gasteiger partial charge in [-0.2, -0.15) is 0 Å². The van der Waals surface area contributed by atoms with Crippen molar-refractivity contribution in [1.82, 2.24) is 0 Å². The smallest absolute Gasteiger partial charge is 0.0793 e. The van der Waals surface area contributed by atoms with E-state index in [0.29, 0.717) is 6.54 Å². The first-order valence-electron chi connectivity index (χ1n) is 5.68. The molecule has 0 unspecified atom stereocenters. The summed E-state index contributed by atoms with van der Waals surface area (Å²) in [5.41, 5.74) is 7.99. The number of benzene rings is 1. The Balaban J connectivity index is 2.44. The molecular weight excluding hydrogens is 222 g/mol. The van der Waals surface area contributed by atoms with Crippen molar-refractivity contribution in [1.29, 1.82) is 0 Å². The molecule has 0 spiro atoms. The fourth-order valence-electron chi connectivity index (χ4n) is 2.24. The van der Waals surface area contributed by atoms with Gasteiger partial charge >= 0.3 is 0 Å². The number of nitrogens with zero attached hydrogens (tertiary/aromatic N) is 2. The number of nitrogens with two attached hydrogens (primary N) is 1. The summed E-state index contributed by atoms with van der Waals surface area (Å²) in [6, 6.07) is 6.07. The molecule has 1 aromatic rings. The SMILES string of the molecule is CN1CCCN(CCN)c2c(Cl)cccc21. The zero-order valence-corrected chi connectivity index (χ0v) is 10.4. The summed E-state index contributed by atoms with van der Waals surface area (Å²) in [5.74, 6) is 0. The molecule has 1 aromatic carbocycles. The first kappa shape index (κ1) is 11.6. The van der Waals surface area contributed by atoms with E-state index in [4.69, 9.17) is 17.3 Å².